The lowest BCUT2D eigenvalue weighted by molar-refractivity contribution is -0.115. The Morgan fingerprint density at radius 1 is 1.04 bits per heavy atom. The van der Waals surface area contributed by atoms with Crippen molar-refractivity contribution < 1.29 is 23.8 Å². The summed E-state index contributed by atoms with van der Waals surface area (Å²) in [5.41, 5.74) is 1.20. The molecule has 0 bridgehead atoms. The molecule has 0 aliphatic carbocycles. The molecule has 0 aliphatic rings. The zero-order valence-corrected chi connectivity index (χ0v) is 15.7. The third-order valence-electron chi connectivity index (χ3n) is 3.75. The SMILES string of the molecule is CCC(=O)Nc1cccc(OC(=O)N(CCOC)c2cccc(OC)c2)c1. The molecule has 0 radical (unpaired) electrons. The van der Waals surface area contributed by atoms with Gasteiger partial charge in [-0.1, -0.05) is 19.1 Å². The Morgan fingerprint density at radius 3 is 2.48 bits per heavy atom. The first-order chi connectivity index (χ1) is 13.1. The lowest BCUT2D eigenvalue weighted by Crippen LogP contribution is -2.36. The van der Waals surface area contributed by atoms with Gasteiger partial charge >= 0.3 is 6.09 Å². The fraction of sp³-hybridized carbons (Fsp3) is 0.300. The van der Waals surface area contributed by atoms with E-state index in [9.17, 15) is 9.59 Å². The van der Waals surface area contributed by atoms with E-state index in [1.54, 1.807) is 69.7 Å². The molecule has 0 unspecified atom stereocenters. The molecule has 0 fully saturated rings. The fourth-order valence-electron chi connectivity index (χ4n) is 2.33. The maximum atomic E-state index is 12.7. The quantitative estimate of drug-likeness (QED) is 0.765. The van der Waals surface area contributed by atoms with Crippen LogP contribution in [0.2, 0.25) is 0 Å². The van der Waals surface area contributed by atoms with E-state index in [4.69, 9.17) is 14.2 Å². The lowest BCUT2D eigenvalue weighted by Gasteiger charge is -2.22. The van der Waals surface area contributed by atoms with Crippen molar-refractivity contribution >= 4 is 23.4 Å². The zero-order valence-electron chi connectivity index (χ0n) is 15.7. The van der Waals surface area contributed by atoms with Crippen LogP contribution >= 0.6 is 0 Å². The Morgan fingerprint density at radius 2 is 1.78 bits per heavy atom. The van der Waals surface area contributed by atoms with Crippen molar-refractivity contribution in [2.75, 3.05) is 37.6 Å². The van der Waals surface area contributed by atoms with Gasteiger partial charge in [0.1, 0.15) is 11.5 Å². The number of amides is 2. The van der Waals surface area contributed by atoms with Crippen LogP contribution in [0.25, 0.3) is 0 Å². The largest absolute Gasteiger partial charge is 0.497 e. The molecule has 0 saturated carbocycles. The van der Waals surface area contributed by atoms with Crippen molar-refractivity contribution in [3.05, 3.63) is 48.5 Å². The Hall–Kier alpha value is -3.06. The Labute approximate surface area is 158 Å². The number of carbonyl (C=O) groups excluding carboxylic acids is 2. The Kier molecular flexibility index (Phi) is 7.63. The van der Waals surface area contributed by atoms with Crippen molar-refractivity contribution in [1.82, 2.24) is 0 Å². The van der Waals surface area contributed by atoms with Crippen LogP contribution in [-0.2, 0) is 9.53 Å². The van der Waals surface area contributed by atoms with Crippen molar-refractivity contribution in [1.29, 1.82) is 0 Å². The highest BCUT2D eigenvalue weighted by Crippen LogP contribution is 2.23. The molecular weight excluding hydrogens is 348 g/mol. The molecule has 1 N–H and O–H groups in total. The second kappa shape index (κ2) is 10.2. The first kappa shape index (κ1) is 20.3. The van der Waals surface area contributed by atoms with Crippen LogP contribution in [-0.4, -0.2) is 39.4 Å². The van der Waals surface area contributed by atoms with Crippen LogP contribution in [0.1, 0.15) is 13.3 Å². The van der Waals surface area contributed by atoms with Crippen molar-refractivity contribution in [3.63, 3.8) is 0 Å². The first-order valence-electron chi connectivity index (χ1n) is 8.59. The number of rotatable bonds is 8. The molecule has 0 aliphatic heterocycles. The third-order valence-corrected chi connectivity index (χ3v) is 3.75. The van der Waals surface area contributed by atoms with Gasteiger partial charge in [0, 0.05) is 31.4 Å². The molecule has 27 heavy (non-hydrogen) atoms. The number of methoxy groups -OCH3 is 2. The summed E-state index contributed by atoms with van der Waals surface area (Å²) in [6.45, 7) is 2.43. The van der Waals surface area contributed by atoms with E-state index >= 15 is 0 Å². The van der Waals surface area contributed by atoms with Crippen LogP contribution in [0.4, 0.5) is 16.2 Å². The van der Waals surface area contributed by atoms with Gasteiger partial charge in [-0.2, -0.15) is 0 Å². The molecule has 2 aromatic rings. The van der Waals surface area contributed by atoms with Gasteiger partial charge in [-0.05, 0) is 24.3 Å². The summed E-state index contributed by atoms with van der Waals surface area (Å²) < 4.78 is 15.8. The number of hydrogen-bond donors (Lipinski definition) is 1. The number of benzene rings is 2. The topological polar surface area (TPSA) is 77.1 Å². The summed E-state index contributed by atoms with van der Waals surface area (Å²) in [7, 11) is 3.13. The van der Waals surface area contributed by atoms with Crippen LogP contribution in [0.3, 0.4) is 0 Å². The van der Waals surface area contributed by atoms with Crippen LogP contribution in [0.15, 0.2) is 48.5 Å². The van der Waals surface area contributed by atoms with Gasteiger partial charge in [0.25, 0.3) is 0 Å². The molecule has 2 rings (SSSR count). The summed E-state index contributed by atoms with van der Waals surface area (Å²) in [5.74, 6) is 0.850. The molecule has 0 aromatic heterocycles. The number of nitrogens with zero attached hydrogens (tertiary/aromatic N) is 1. The maximum absolute atomic E-state index is 12.7. The lowest BCUT2D eigenvalue weighted by atomic mass is 10.2. The average molecular weight is 372 g/mol. The maximum Gasteiger partial charge on any atom is 0.419 e. The third kappa shape index (κ3) is 6.00. The highest BCUT2D eigenvalue weighted by molar-refractivity contribution is 5.91. The summed E-state index contributed by atoms with van der Waals surface area (Å²) in [6, 6.07) is 13.8. The number of hydrogen-bond acceptors (Lipinski definition) is 5. The summed E-state index contributed by atoms with van der Waals surface area (Å²) in [6.07, 6.45) is -0.191. The second-order valence-electron chi connectivity index (χ2n) is 5.64. The van der Waals surface area contributed by atoms with Gasteiger partial charge in [0.15, 0.2) is 0 Å². The zero-order chi connectivity index (χ0) is 19.6. The van der Waals surface area contributed by atoms with E-state index < -0.39 is 6.09 Å². The predicted octanol–water partition coefficient (Wildman–Crippen LogP) is 3.70. The first-order valence-corrected chi connectivity index (χ1v) is 8.59. The average Bonchev–Trinajstić information content (AvgIpc) is 2.68. The van der Waals surface area contributed by atoms with Gasteiger partial charge in [-0.15, -0.1) is 0 Å². The highest BCUT2D eigenvalue weighted by Gasteiger charge is 2.19. The molecule has 0 heterocycles. The number of nitrogens with one attached hydrogen (secondary N) is 1. The minimum atomic E-state index is -0.556. The molecule has 2 amide bonds. The number of carbonyl (C=O) groups is 2. The van der Waals surface area contributed by atoms with E-state index in [1.165, 1.54) is 4.90 Å². The van der Waals surface area contributed by atoms with Gasteiger partial charge < -0.3 is 19.5 Å². The van der Waals surface area contributed by atoms with Crippen LogP contribution in [0.5, 0.6) is 11.5 Å². The molecule has 144 valence electrons. The molecule has 0 atom stereocenters. The number of ether oxygens (including phenoxy) is 3. The second-order valence-corrected chi connectivity index (χ2v) is 5.64. The van der Waals surface area contributed by atoms with Crippen LogP contribution in [0, 0.1) is 0 Å². The van der Waals surface area contributed by atoms with E-state index in [1.807, 2.05) is 0 Å². The summed E-state index contributed by atoms with van der Waals surface area (Å²) in [5, 5.41) is 2.74. The number of anilines is 2. The standard InChI is InChI=1S/C20H24N2O5/c1-4-19(23)21-15-7-5-10-18(13-15)27-20(24)22(11-12-25-2)16-8-6-9-17(14-16)26-3/h5-10,13-14H,4,11-12H2,1-3H3,(H,21,23). The smallest absolute Gasteiger partial charge is 0.419 e. The summed E-state index contributed by atoms with van der Waals surface area (Å²) in [4.78, 5) is 25.7. The van der Waals surface area contributed by atoms with E-state index in [-0.39, 0.29) is 5.91 Å². The molecule has 0 spiro atoms. The van der Waals surface area contributed by atoms with Crippen molar-refractivity contribution in [2.45, 2.75) is 13.3 Å². The molecule has 7 nitrogen and oxygen atoms in total. The normalized spacial score (nSPS) is 10.2. The highest BCUT2D eigenvalue weighted by atomic mass is 16.6. The summed E-state index contributed by atoms with van der Waals surface area (Å²) >= 11 is 0. The predicted molar refractivity (Wildman–Crippen MR) is 104 cm³/mol. The van der Waals surface area contributed by atoms with Crippen molar-refractivity contribution in [2.24, 2.45) is 0 Å². The molecule has 7 heteroatoms. The molecular formula is C20H24N2O5. The Bertz CT molecular complexity index is 778. The minimum Gasteiger partial charge on any atom is -0.497 e. The van der Waals surface area contributed by atoms with Crippen molar-refractivity contribution in [3.8, 4) is 11.5 Å². The molecule has 0 saturated heterocycles. The van der Waals surface area contributed by atoms with Gasteiger partial charge in [0.2, 0.25) is 5.91 Å². The van der Waals surface area contributed by atoms with Crippen LogP contribution < -0.4 is 19.7 Å². The minimum absolute atomic E-state index is 0.114. The van der Waals surface area contributed by atoms with Gasteiger partial charge in [-0.25, -0.2) is 4.79 Å². The Balaban J connectivity index is 2.18. The van der Waals surface area contributed by atoms with E-state index in [0.29, 0.717) is 42.4 Å². The fourth-order valence-corrected chi connectivity index (χ4v) is 2.33. The van der Waals surface area contributed by atoms with Gasteiger partial charge in [-0.3, -0.25) is 9.69 Å². The van der Waals surface area contributed by atoms with Gasteiger partial charge in [0.05, 0.1) is 25.9 Å². The monoisotopic (exact) mass is 372 g/mol. The van der Waals surface area contributed by atoms with E-state index in [0.717, 1.165) is 0 Å². The van der Waals surface area contributed by atoms with E-state index in [2.05, 4.69) is 5.32 Å². The molecule has 2 aromatic carbocycles.